The maximum absolute atomic E-state index is 10.6. The lowest BCUT2D eigenvalue weighted by Crippen LogP contribution is -2.00. The van der Waals surface area contributed by atoms with Crippen molar-refractivity contribution >= 4 is 11.6 Å². The molecule has 0 bridgehead atoms. The highest BCUT2D eigenvalue weighted by Crippen LogP contribution is 2.06. The molecule has 0 amide bonds. The Labute approximate surface area is 87.0 Å². The van der Waals surface area contributed by atoms with Crippen molar-refractivity contribution in [3.05, 3.63) is 22.4 Å². The number of unbranched alkanes of at least 4 members (excludes halogenated alkanes) is 1. The Morgan fingerprint density at radius 2 is 2.33 bits per heavy atom. The molecule has 0 fully saturated rings. The highest BCUT2D eigenvalue weighted by molar-refractivity contribution is 5.75. The number of aromatic nitrogens is 2. The number of Topliss-reactive ketones (excluding diaryl/α,β-unsaturated/α-hetero) is 1. The molecule has 0 atom stereocenters. The lowest BCUT2D eigenvalue weighted by Gasteiger charge is -1.95. The molecule has 0 radical (unpaired) electrons. The zero-order chi connectivity index (χ0) is 11.3. The molecule has 0 aliphatic heterocycles. The summed E-state index contributed by atoms with van der Waals surface area (Å²) in [7, 11) is 0. The first-order valence-corrected chi connectivity index (χ1v) is 4.77. The van der Waals surface area contributed by atoms with Crippen LogP contribution in [0.1, 0.15) is 26.2 Å². The number of hydrogen-bond acceptors (Lipinski definition) is 4. The lowest BCUT2D eigenvalue weighted by atomic mass is 10.2. The van der Waals surface area contributed by atoms with Crippen LogP contribution in [0.15, 0.2) is 12.3 Å². The fraction of sp³-hybridized carbons (Fsp3) is 0.556. The zero-order valence-electron chi connectivity index (χ0n) is 8.55. The van der Waals surface area contributed by atoms with Gasteiger partial charge < -0.3 is 14.9 Å². The number of nitrogens with zero attached hydrogens (tertiary/aromatic N) is 3. The number of rotatable bonds is 6. The van der Waals surface area contributed by atoms with Crippen molar-refractivity contribution in [2.24, 2.45) is 0 Å². The molecule has 1 aromatic rings. The Morgan fingerprint density at radius 3 is 2.87 bits per heavy atom. The van der Waals surface area contributed by atoms with Gasteiger partial charge in [-0.2, -0.15) is 4.68 Å². The van der Waals surface area contributed by atoms with Crippen molar-refractivity contribution in [1.29, 1.82) is 0 Å². The van der Waals surface area contributed by atoms with E-state index in [4.69, 9.17) is 0 Å². The van der Waals surface area contributed by atoms with E-state index in [2.05, 4.69) is 5.10 Å². The van der Waals surface area contributed by atoms with Gasteiger partial charge >= 0.3 is 5.82 Å². The van der Waals surface area contributed by atoms with Crippen LogP contribution >= 0.6 is 0 Å². The summed E-state index contributed by atoms with van der Waals surface area (Å²) < 4.78 is 1.53. The maximum Gasteiger partial charge on any atom is 0.389 e. The third-order valence-corrected chi connectivity index (χ3v) is 1.98. The molecule has 0 spiro atoms. The van der Waals surface area contributed by atoms with Crippen LogP contribution < -0.4 is 0 Å². The minimum atomic E-state index is -0.522. The predicted molar refractivity (Wildman–Crippen MR) is 53.4 cm³/mol. The first kappa shape index (κ1) is 11.4. The third-order valence-electron chi connectivity index (χ3n) is 1.98. The first-order chi connectivity index (χ1) is 7.09. The molecule has 1 heterocycles. The van der Waals surface area contributed by atoms with Crippen molar-refractivity contribution in [3.63, 3.8) is 0 Å². The molecule has 1 aromatic heterocycles. The molecule has 15 heavy (non-hydrogen) atoms. The minimum absolute atomic E-state index is 0.137. The molecule has 0 N–H and O–H groups in total. The molecule has 0 aliphatic rings. The van der Waals surface area contributed by atoms with Crippen LogP contribution in [0.2, 0.25) is 0 Å². The van der Waals surface area contributed by atoms with E-state index >= 15 is 0 Å². The average molecular weight is 211 g/mol. The van der Waals surface area contributed by atoms with Crippen LogP contribution in [-0.4, -0.2) is 20.5 Å². The lowest BCUT2D eigenvalue weighted by molar-refractivity contribution is -0.389. The smallest absolute Gasteiger partial charge is 0.358 e. The van der Waals surface area contributed by atoms with E-state index in [1.165, 1.54) is 10.7 Å². The van der Waals surface area contributed by atoms with Gasteiger partial charge in [0.15, 0.2) is 0 Å². The van der Waals surface area contributed by atoms with Gasteiger partial charge in [0.05, 0.1) is 23.9 Å². The van der Waals surface area contributed by atoms with E-state index in [0.717, 1.165) is 12.8 Å². The highest BCUT2D eigenvalue weighted by atomic mass is 16.6. The Morgan fingerprint density at radius 1 is 1.60 bits per heavy atom. The highest BCUT2D eigenvalue weighted by Gasteiger charge is 2.09. The number of aryl methyl sites for hydroxylation is 1. The fourth-order valence-electron chi connectivity index (χ4n) is 1.22. The summed E-state index contributed by atoms with van der Waals surface area (Å²) in [6.07, 6.45) is 3.73. The number of hydrogen-bond donors (Lipinski definition) is 0. The fourth-order valence-corrected chi connectivity index (χ4v) is 1.22. The molecule has 82 valence electrons. The molecule has 6 nitrogen and oxygen atoms in total. The topological polar surface area (TPSA) is 78.0 Å². The summed E-state index contributed by atoms with van der Waals surface area (Å²) >= 11 is 0. The van der Waals surface area contributed by atoms with E-state index in [0.29, 0.717) is 13.0 Å². The quantitative estimate of drug-likeness (QED) is 0.406. The van der Waals surface area contributed by atoms with Gasteiger partial charge in [0.1, 0.15) is 5.78 Å². The monoisotopic (exact) mass is 211 g/mol. The van der Waals surface area contributed by atoms with Crippen molar-refractivity contribution in [3.8, 4) is 0 Å². The number of nitro groups is 1. The van der Waals surface area contributed by atoms with E-state index in [9.17, 15) is 14.9 Å². The standard InChI is InChI=1S/C9H13N3O3/c1-8(13)4-2-3-6-11-7-5-9(10-11)12(14)15/h5,7H,2-4,6H2,1H3. The van der Waals surface area contributed by atoms with Gasteiger partial charge in [0.25, 0.3) is 0 Å². The second-order valence-corrected chi connectivity index (χ2v) is 3.35. The molecule has 0 aromatic carbocycles. The molecule has 0 aliphatic carbocycles. The summed E-state index contributed by atoms with van der Waals surface area (Å²) in [6.45, 7) is 2.17. The van der Waals surface area contributed by atoms with Gasteiger partial charge in [-0.1, -0.05) is 0 Å². The second-order valence-electron chi connectivity index (χ2n) is 3.35. The van der Waals surface area contributed by atoms with E-state index in [-0.39, 0.29) is 11.6 Å². The second kappa shape index (κ2) is 5.23. The Kier molecular flexibility index (Phi) is 3.96. The van der Waals surface area contributed by atoms with Gasteiger partial charge in [0, 0.05) is 6.42 Å². The molecule has 1 rings (SSSR count). The van der Waals surface area contributed by atoms with Gasteiger partial charge in [0.2, 0.25) is 0 Å². The summed E-state index contributed by atoms with van der Waals surface area (Å²) in [6, 6.07) is 1.37. The van der Waals surface area contributed by atoms with Gasteiger partial charge in [-0.3, -0.25) is 0 Å². The summed E-state index contributed by atoms with van der Waals surface area (Å²) in [4.78, 5) is 20.4. The molecule has 0 unspecified atom stereocenters. The van der Waals surface area contributed by atoms with Crippen molar-refractivity contribution in [2.75, 3.05) is 0 Å². The molecule has 6 heteroatoms. The third kappa shape index (κ3) is 3.88. The van der Waals surface area contributed by atoms with Gasteiger partial charge in [-0.15, -0.1) is 0 Å². The van der Waals surface area contributed by atoms with E-state index in [1.54, 1.807) is 13.1 Å². The molecule has 0 saturated heterocycles. The maximum atomic E-state index is 10.6. The molecular weight excluding hydrogens is 198 g/mol. The average Bonchev–Trinajstić information content (AvgIpc) is 2.60. The van der Waals surface area contributed by atoms with Gasteiger partial charge in [-0.05, 0) is 24.7 Å². The van der Waals surface area contributed by atoms with Crippen LogP contribution in [0.5, 0.6) is 0 Å². The zero-order valence-corrected chi connectivity index (χ0v) is 8.55. The SMILES string of the molecule is CC(=O)CCCCn1ccc([N+](=O)[O-])n1. The predicted octanol–water partition coefficient (Wildman–Crippen LogP) is 1.55. The Hall–Kier alpha value is -1.72. The number of carbonyl (C=O) groups excluding carboxylic acids is 1. The Bertz CT molecular complexity index is 359. The Balaban J connectivity index is 2.31. The number of carbonyl (C=O) groups is 1. The number of ketones is 1. The van der Waals surface area contributed by atoms with Crippen LogP contribution in [-0.2, 0) is 11.3 Å². The van der Waals surface area contributed by atoms with Crippen LogP contribution in [0.3, 0.4) is 0 Å². The molecule has 0 saturated carbocycles. The van der Waals surface area contributed by atoms with Crippen LogP contribution in [0, 0.1) is 10.1 Å². The molecular formula is C9H13N3O3. The summed E-state index contributed by atoms with van der Waals surface area (Å²) in [5, 5.41) is 14.1. The van der Waals surface area contributed by atoms with E-state index < -0.39 is 4.92 Å². The van der Waals surface area contributed by atoms with Crippen LogP contribution in [0.25, 0.3) is 0 Å². The van der Waals surface area contributed by atoms with Crippen LogP contribution in [0.4, 0.5) is 5.82 Å². The largest absolute Gasteiger partial charge is 0.389 e. The summed E-state index contributed by atoms with van der Waals surface area (Å²) in [5.41, 5.74) is 0. The normalized spacial score (nSPS) is 10.2. The minimum Gasteiger partial charge on any atom is -0.358 e. The van der Waals surface area contributed by atoms with Gasteiger partial charge in [-0.25, -0.2) is 0 Å². The summed E-state index contributed by atoms with van der Waals surface area (Å²) in [5.74, 6) is 0.0306. The van der Waals surface area contributed by atoms with Crippen molar-refractivity contribution in [1.82, 2.24) is 9.78 Å². The first-order valence-electron chi connectivity index (χ1n) is 4.77. The van der Waals surface area contributed by atoms with Crippen molar-refractivity contribution < 1.29 is 9.72 Å². The van der Waals surface area contributed by atoms with Crippen molar-refractivity contribution in [2.45, 2.75) is 32.7 Å². The van der Waals surface area contributed by atoms with E-state index in [1.807, 2.05) is 0 Å².